The van der Waals surface area contributed by atoms with E-state index in [0.717, 1.165) is 27.0 Å². The second-order valence-electron chi connectivity index (χ2n) is 7.26. The Labute approximate surface area is 181 Å². The number of H-pyrrole nitrogens is 1. The van der Waals surface area contributed by atoms with Crippen molar-refractivity contribution in [3.05, 3.63) is 66.4 Å². The van der Waals surface area contributed by atoms with Crippen LogP contribution >= 0.6 is 11.8 Å². The van der Waals surface area contributed by atoms with E-state index >= 15 is 0 Å². The number of anilines is 1. The first-order valence-electron chi connectivity index (χ1n) is 9.70. The lowest BCUT2D eigenvalue weighted by Crippen LogP contribution is -2.48. The fraction of sp³-hybridized carbons (Fsp3) is 0.190. The molecule has 1 aliphatic rings. The number of thioether (sulfide) groups is 1. The van der Waals surface area contributed by atoms with Gasteiger partial charge in [-0.3, -0.25) is 14.7 Å². The number of hydrogen-bond acceptors (Lipinski definition) is 6. The molecule has 4 aromatic rings. The second kappa shape index (κ2) is 7.88. The summed E-state index contributed by atoms with van der Waals surface area (Å²) in [6.07, 6.45) is 3.24. The number of aromatic nitrogens is 5. The van der Waals surface area contributed by atoms with Crippen molar-refractivity contribution in [2.24, 2.45) is 0 Å². The average Bonchev–Trinajstić information content (AvgIpc) is 3.42. The highest BCUT2D eigenvalue weighted by molar-refractivity contribution is 7.99. The topological polar surface area (TPSA) is 109 Å². The van der Waals surface area contributed by atoms with Crippen molar-refractivity contribution in [1.29, 1.82) is 0 Å². The number of carbonyl (C=O) groups is 2. The van der Waals surface area contributed by atoms with Crippen LogP contribution in [0.15, 0.2) is 59.9 Å². The molecule has 9 nitrogen and oxygen atoms in total. The first kappa shape index (κ1) is 19.3. The summed E-state index contributed by atoms with van der Waals surface area (Å²) in [5.74, 6) is -0.211. The average molecular weight is 433 g/mol. The molecule has 1 atom stereocenters. The molecule has 0 unspecified atom stereocenters. The molecule has 2 aromatic heterocycles. The van der Waals surface area contributed by atoms with Crippen LogP contribution in [0.5, 0.6) is 0 Å². The summed E-state index contributed by atoms with van der Waals surface area (Å²) in [4.78, 5) is 32.4. The number of fused-ring (bicyclic) bond motifs is 2. The summed E-state index contributed by atoms with van der Waals surface area (Å²) in [6, 6.07) is 13.0. The number of nitrogens with zero attached hydrogens (tertiary/aromatic N) is 5. The van der Waals surface area contributed by atoms with E-state index in [4.69, 9.17) is 0 Å². The number of carbonyl (C=O) groups excluding carboxylic acids is 2. The molecule has 0 fully saturated rings. The van der Waals surface area contributed by atoms with Gasteiger partial charge in [0.25, 0.3) is 5.91 Å². The summed E-state index contributed by atoms with van der Waals surface area (Å²) in [7, 11) is 1.71. The van der Waals surface area contributed by atoms with E-state index in [1.807, 2.05) is 42.5 Å². The summed E-state index contributed by atoms with van der Waals surface area (Å²) >= 11 is 1.52. The molecule has 1 aliphatic heterocycles. The standard InChI is InChI=1S/C21H19N7O2S/c1-27-17-7-14-9-23-25-15(14)8-18(17)31-11-16(21(27)30)24-20(29)19-22-12-28(26-19)10-13-5-3-2-4-6-13/h2-9,12,16H,10-11H2,1H3,(H,23,25)(H,24,29)/t16-/m0/s1. The van der Waals surface area contributed by atoms with Gasteiger partial charge in [0.15, 0.2) is 0 Å². The molecule has 10 heteroatoms. The monoisotopic (exact) mass is 433 g/mol. The van der Waals surface area contributed by atoms with Gasteiger partial charge in [0.2, 0.25) is 11.7 Å². The van der Waals surface area contributed by atoms with Crippen molar-refractivity contribution < 1.29 is 9.59 Å². The highest BCUT2D eigenvalue weighted by Crippen LogP contribution is 2.36. The van der Waals surface area contributed by atoms with E-state index in [-0.39, 0.29) is 11.7 Å². The Hall–Kier alpha value is -3.66. The van der Waals surface area contributed by atoms with Crippen LogP contribution in [0, 0.1) is 0 Å². The number of amides is 2. The van der Waals surface area contributed by atoms with Crippen LogP contribution in [0.3, 0.4) is 0 Å². The molecule has 2 aromatic carbocycles. The summed E-state index contributed by atoms with van der Waals surface area (Å²) in [5.41, 5.74) is 2.76. The number of hydrogen-bond donors (Lipinski definition) is 2. The SMILES string of the molecule is CN1C(=O)[C@@H](NC(=O)c2ncn(Cc3ccccc3)n2)CSc2cc3[nH]ncc3cc21. The predicted octanol–water partition coefficient (Wildman–Crippen LogP) is 2.07. The fourth-order valence-electron chi connectivity index (χ4n) is 3.51. The Bertz CT molecular complexity index is 1270. The molecule has 0 bridgehead atoms. The van der Waals surface area contributed by atoms with Gasteiger partial charge in [-0.2, -0.15) is 5.10 Å². The summed E-state index contributed by atoms with van der Waals surface area (Å²) in [5, 5.41) is 15.0. The molecular weight excluding hydrogens is 414 g/mol. The van der Waals surface area contributed by atoms with Gasteiger partial charge < -0.3 is 10.2 Å². The summed E-state index contributed by atoms with van der Waals surface area (Å²) < 4.78 is 1.60. The van der Waals surface area contributed by atoms with Gasteiger partial charge in [-0.25, -0.2) is 9.67 Å². The van der Waals surface area contributed by atoms with Gasteiger partial charge >= 0.3 is 0 Å². The van der Waals surface area contributed by atoms with Gasteiger partial charge in [-0.05, 0) is 17.7 Å². The normalized spacial score (nSPS) is 16.2. The molecule has 31 heavy (non-hydrogen) atoms. The van der Waals surface area contributed by atoms with Crippen molar-refractivity contribution >= 4 is 40.2 Å². The lowest BCUT2D eigenvalue weighted by atomic mass is 10.2. The van der Waals surface area contributed by atoms with Crippen LogP contribution in [0.2, 0.25) is 0 Å². The minimum Gasteiger partial charge on any atom is -0.337 e. The lowest BCUT2D eigenvalue weighted by Gasteiger charge is -2.21. The Balaban J connectivity index is 1.31. The van der Waals surface area contributed by atoms with Crippen LogP contribution in [-0.2, 0) is 11.3 Å². The first-order valence-corrected chi connectivity index (χ1v) is 10.7. The van der Waals surface area contributed by atoms with Crippen LogP contribution in [-0.4, -0.2) is 55.6 Å². The molecular formula is C21H19N7O2S. The Kier molecular flexibility index (Phi) is 4.91. The molecule has 0 saturated heterocycles. The van der Waals surface area contributed by atoms with E-state index in [2.05, 4.69) is 25.6 Å². The fourth-order valence-corrected chi connectivity index (χ4v) is 4.62. The molecule has 156 valence electrons. The Morgan fingerprint density at radius 3 is 2.97 bits per heavy atom. The lowest BCUT2D eigenvalue weighted by molar-refractivity contribution is -0.119. The molecule has 2 amide bonds. The quantitative estimate of drug-likeness (QED) is 0.510. The molecule has 2 N–H and O–H groups in total. The molecule has 0 saturated carbocycles. The number of rotatable bonds is 4. The zero-order valence-corrected chi connectivity index (χ0v) is 17.5. The smallest absolute Gasteiger partial charge is 0.291 e. The summed E-state index contributed by atoms with van der Waals surface area (Å²) in [6.45, 7) is 0.513. The van der Waals surface area contributed by atoms with Crippen LogP contribution in [0.1, 0.15) is 16.2 Å². The van der Waals surface area contributed by atoms with E-state index in [1.54, 1.807) is 22.8 Å². The number of likely N-dealkylation sites (N-methyl/N-ethyl adjacent to an activating group) is 1. The van der Waals surface area contributed by atoms with Crippen molar-refractivity contribution in [1.82, 2.24) is 30.3 Å². The third-order valence-electron chi connectivity index (χ3n) is 5.15. The Morgan fingerprint density at radius 1 is 1.29 bits per heavy atom. The van der Waals surface area contributed by atoms with E-state index < -0.39 is 11.9 Å². The van der Waals surface area contributed by atoms with Crippen molar-refractivity contribution in [3.8, 4) is 0 Å². The molecule has 0 radical (unpaired) electrons. The maximum absolute atomic E-state index is 13.0. The molecule has 3 heterocycles. The zero-order chi connectivity index (χ0) is 21.4. The van der Waals surface area contributed by atoms with E-state index in [9.17, 15) is 9.59 Å². The third-order valence-corrected chi connectivity index (χ3v) is 6.29. The van der Waals surface area contributed by atoms with Crippen molar-refractivity contribution in [2.45, 2.75) is 17.5 Å². The molecule has 5 rings (SSSR count). The van der Waals surface area contributed by atoms with Crippen LogP contribution < -0.4 is 10.2 Å². The van der Waals surface area contributed by atoms with Gasteiger partial charge in [-0.1, -0.05) is 30.3 Å². The number of nitrogens with one attached hydrogen (secondary N) is 2. The third kappa shape index (κ3) is 3.77. The largest absolute Gasteiger partial charge is 0.337 e. The van der Waals surface area contributed by atoms with Crippen molar-refractivity contribution in [2.75, 3.05) is 17.7 Å². The van der Waals surface area contributed by atoms with Crippen LogP contribution in [0.4, 0.5) is 5.69 Å². The van der Waals surface area contributed by atoms with Gasteiger partial charge in [0.1, 0.15) is 12.4 Å². The Morgan fingerprint density at radius 2 is 2.13 bits per heavy atom. The maximum Gasteiger partial charge on any atom is 0.291 e. The van der Waals surface area contributed by atoms with E-state index in [0.29, 0.717) is 12.3 Å². The minimum atomic E-state index is -0.688. The number of benzene rings is 2. The van der Waals surface area contributed by atoms with Gasteiger partial charge in [-0.15, -0.1) is 16.9 Å². The van der Waals surface area contributed by atoms with E-state index in [1.165, 1.54) is 18.1 Å². The first-order chi connectivity index (χ1) is 15.1. The minimum absolute atomic E-state index is 0.0394. The highest BCUT2D eigenvalue weighted by Gasteiger charge is 2.31. The van der Waals surface area contributed by atoms with Gasteiger partial charge in [0.05, 0.1) is 23.9 Å². The highest BCUT2D eigenvalue weighted by atomic mass is 32.2. The van der Waals surface area contributed by atoms with Crippen LogP contribution in [0.25, 0.3) is 10.9 Å². The van der Waals surface area contributed by atoms with Gasteiger partial charge in [0, 0.05) is 23.1 Å². The molecule has 0 spiro atoms. The molecule has 0 aliphatic carbocycles. The number of aromatic amines is 1. The second-order valence-corrected chi connectivity index (χ2v) is 8.32. The predicted molar refractivity (Wildman–Crippen MR) is 117 cm³/mol. The van der Waals surface area contributed by atoms with Crippen molar-refractivity contribution in [3.63, 3.8) is 0 Å². The zero-order valence-electron chi connectivity index (χ0n) is 16.6. The maximum atomic E-state index is 13.0.